The highest BCUT2D eigenvalue weighted by Crippen LogP contribution is 2.30. The third-order valence-electron chi connectivity index (χ3n) is 4.98. The maximum Gasteiger partial charge on any atom is 0.154 e. The van der Waals surface area contributed by atoms with Gasteiger partial charge >= 0.3 is 0 Å². The molecule has 0 unspecified atom stereocenters. The summed E-state index contributed by atoms with van der Waals surface area (Å²) in [5.41, 5.74) is 2.88. The molecule has 4 nitrogen and oxygen atoms in total. The van der Waals surface area contributed by atoms with Crippen molar-refractivity contribution in [3.05, 3.63) is 59.4 Å². The van der Waals surface area contributed by atoms with E-state index in [4.69, 9.17) is 21.3 Å². The van der Waals surface area contributed by atoms with Crippen LogP contribution in [-0.4, -0.2) is 22.2 Å². The molecule has 2 aromatic heterocycles. The number of nitrogens with zero attached hydrogens (tertiary/aromatic N) is 1. The molecular formula is C22H25Cl2N3O. The predicted octanol–water partition coefficient (Wildman–Crippen LogP) is 7.02. The summed E-state index contributed by atoms with van der Waals surface area (Å²) in [5.74, 6) is 1.51. The Morgan fingerprint density at radius 1 is 1.00 bits per heavy atom. The molecule has 0 atom stereocenters. The van der Waals surface area contributed by atoms with E-state index in [1.54, 1.807) is 0 Å². The number of aromatic nitrogens is 2. The minimum absolute atomic E-state index is 0. The van der Waals surface area contributed by atoms with E-state index in [9.17, 15) is 0 Å². The fourth-order valence-electron chi connectivity index (χ4n) is 3.49. The maximum atomic E-state index is 6.11. The van der Waals surface area contributed by atoms with E-state index in [-0.39, 0.29) is 12.4 Å². The van der Waals surface area contributed by atoms with E-state index in [1.165, 1.54) is 38.5 Å². The monoisotopic (exact) mass is 417 g/mol. The lowest BCUT2D eigenvalue weighted by molar-refractivity contribution is 0.482. The van der Waals surface area contributed by atoms with Gasteiger partial charge in [-0.05, 0) is 49.2 Å². The van der Waals surface area contributed by atoms with Crippen molar-refractivity contribution < 1.29 is 4.74 Å². The smallest absolute Gasteiger partial charge is 0.154 e. The fourth-order valence-corrected chi connectivity index (χ4v) is 3.62. The Balaban J connectivity index is 0.00000225. The van der Waals surface area contributed by atoms with Gasteiger partial charge in [0.1, 0.15) is 11.4 Å². The van der Waals surface area contributed by atoms with Gasteiger partial charge in [0.15, 0.2) is 5.75 Å². The van der Waals surface area contributed by atoms with Crippen LogP contribution in [0.1, 0.15) is 44.2 Å². The molecule has 0 saturated heterocycles. The van der Waals surface area contributed by atoms with Crippen LogP contribution >= 0.6 is 24.0 Å². The molecule has 28 heavy (non-hydrogen) atoms. The second-order valence-electron chi connectivity index (χ2n) is 7.02. The summed E-state index contributed by atoms with van der Waals surface area (Å²) in [6, 6.07) is 13.8. The minimum Gasteiger partial charge on any atom is -0.455 e. The zero-order chi connectivity index (χ0) is 18.5. The molecule has 1 aliphatic rings. The topological polar surface area (TPSA) is 53.2 Å². The second-order valence-corrected chi connectivity index (χ2v) is 7.46. The van der Waals surface area contributed by atoms with Crippen LogP contribution in [0.5, 0.6) is 11.5 Å². The van der Waals surface area contributed by atoms with Crippen LogP contribution in [-0.2, 0) is 0 Å². The zero-order valence-electron chi connectivity index (χ0n) is 15.7. The highest BCUT2D eigenvalue weighted by Gasteiger charge is 2.13. The Labute approximate surface area is 176 Å². The van der Waals surface area contributed by atoms with Crippen LogP contribution in [0.2, 0.25) is 5.02 Å². The molecule has 0 aliphatic heterocycles. The number of benzene rings is 1. The standard InChI is InChI=1S/C22H24ClN3O.ClH/c23-16-9-11-18(12-10-16)27-22-14-20(19-8-5-13-24-19)26-21(22)15-25-17-6-3-1-2-4-7-17;/h5,8-15,17,24,26H,1-4,6-7H2;1H. The Bertz CT molecular complexity index is 877. The van der Waals surface area contributed by atoms with Crippen molar-refractivity contribution in [3.8, 4) is 22.9 Å². The van der Waals surface area contributed by atoms with Crippen LogP contribution < -0.4 is 4.74 Å². The summed E-state index contributed by atoms with van der Waals surface area (Å²) in [6.07, 6.45) is 11.4. The average molecular weight is 418 g/mol. The Kier molecular flexibility index (Phi) is 7.24. The van der Waals surface area contributed by atoms with E-state index in [1.807, 2.05) is 54.9 Å². The Morgan fingerprint density at radius 3 is 2.43 bits per heavy atom. The number of H-pyrrole nitrogens is 2. The first-order valence-electron chi connectivity index (χ1n) is 9.61. The summed E-state index contributed by atoms with van der Waals surface area (Å²) >= 11 is 5.98. The van der Waals surface area contributed by atoms with E-state index >= 15 is 0 Å². The first-order valence-corrected chi connectivity index (χ1v) is 9.99. The summed E-state index contributed by atoms with van der Waals surface area (Å²) in [6.45, 7) is 0. The number of aliphatic imine (C=N–C) groups is 1. The largest absolute Gasteiger partial charge is 0.455 e. The van der Waals surface area contributed by atoms with Crippen LogP contribution in [0.25, 0.3) is 11.4 Å². The van der Waals surface area contributed by atoms with Gasteiger partial charge in [-0.1, -0.05) is 37.3 Å². The highest BCUT2D eigenvalue weighted by atomic mass is 35.5. The van der Waals surface area contributed by atoms with Crippen LogP contribution in [0.3, 0.4) is 0 Å². The number of aromatic amines is 2. The molecule has 2 heterocycles. The summed E-state index contributed by atoms with van der Waals surface area (Å²) in [7, 11) is 0. The highest BCUT2D eigenvalue weighted by molar-refractivity contribution is 6.30. The lowest BCUT2D eigenvalue weighted by Gasteiger charge is -2.08. The maximum absolute atomic E-state index is 6.11. The van der Waals surface area contributed by atoms with Gasteiger partial charge in [0.25, 0.3) is 0 Å². The molecular weight excluding hydrogens is 393 g/mol. The summed E-state index contributed by atoms with van der Waals surface area (Å²) < 4.78 is 6.11. The quantitative estimate of drug-likeness (QED) is 0.340. The summed E-state index contributed by atoms with van der Waals surface area (Å²) in [4.78, 5) is 11.5. The molecule has 6 heteroatoms. The number of ether oxygens (including phenoxy) is 1. The number of hydrogen-bond acceptors (Lipinski definition) is 2. The molecule has 2 N–H and O–H groups in total. The van der Waals surface area contributed by atoms with Gasteiger partial charge in [-0.15, -0.1) is 12.4 Å². The molecule has 4 rings (SSSR count). The van der Waals surface area contributed by atoms with Crippen LogP contribution in [0.15, 0.2) is 53.7 Å². The lowest BCUT2D eigenvalue weighted by atomic mass is 10.1. The van der Waals surface area contributed by atoms with E-state index in [0.29, 0.717) is 11.1 Å². The molecule has 0 radical (unpaired) electrons. The van der Waals surface area contributed by atoms with Crippen molar-refractivity contribution in [2.24, 2.45) is 4.99 Å². The average Bonchev–Trinajstić information content (AvgIpc) is 3.27. The normalized spacial score (nSPS) is 15.3. The molecule has 1 saturated carbocycles. The molecule has 1 aromatic carbocycles. The van der Waals surface area contributed by atoms with Crippen molar-refractivity contribution >= 4 is 30.2 Å². The number of halogens is 2. The van der Waals surface area contributed by atoms with Gasteiger partial charge in [0.2, 0.25) is 0 Å². The third kappa shape index (κ3) is 5.21. The van der Waals surface area contributed by atoms with E-state index < -0.39 is 0 Å². The number of rotatable bonds is 5. The molecule has 0 bridgehead atoms. The van der Waals surface area contributed by atoms with Gasteiger partial charge in [-0.25, -0.2) is 0 Å². The van der Waals surface area contributed by atoms with Gasteiger partial charge in [0.05, 0.1) is 17.4 Å². The fraction of sp³-hybridized carbons (Fsp3) is 0.318. The number of nitrogens with one attached hydrogen (secondary N) is 2. The second kappa shape index (κ2) is 9.85. The molecule has 1 fully saturated rings. The first kappa shape index (κ1) is 20.6. The number of hydrogen-bond donors (Lipinski definition) is 2. The minimum atomic E-state index is 0. The molecule has 0 spiro atoms. The molecule has 1 aliphatic carbocycles. The zero-order valence-corrected chi connectivity index (χ0v) is 17.2. The van der Waals surface area contributed by atoms with Gasteiger partial charge in [0, 0.05) is 23.5 Å². The van der Waals surface area contributed by atoms with Crippen LogP contribution in [0.4, 0.5) is 0 Å². The Hall–Kier alpha value is -2.17. The molecule has 3 aromatic rings. The van der Waals surface area contributed by atoms with Gasteiger partial charge in [-0.2, -0.15) is 0 Å². The Morgan fingerprint density at radius 2 is 1.75 bits per heavy atom. The van der Waals surface area contributed by atoms with Crippen molar-refractivity contribution in [2.45, 2.75) is 44.6 Å². The van der Waals surface area contributed by atoms with Crippen molar-refractivity contribution in [1.82, 2.24) is 9.97 Å². The SMILES string of the molecule is Cl.Clc1ccc(Oc2cc(-c3ccc[nH]3)[nH]c2C=NC2CCCCCC2)cc1. The first-order chi connectivity index (χ1) is 13.3. The van der Waals surface area contributed by atoms with E-state index in [2.05, 4.69) is 9.97 Å². The third-order valence-corrected chi connectivity index (χ3v) is 5.23. The predicted molar refractivity (Wildman–Crippen MR) is 118 cm³/mol. The van der Waals surface area contributed by atoms with Crippen molar-refractivity contribution in [3.63, 3.8) is 0 Å². The van der Waals surface area contributed by atoms with Gasteiger partial charge < -0.3 is 14.7 Å². The summed E-state index contributed by atoms with van der Waals surface area (Å²) in [5, 5.41) is 0.693. The van der Waals surface area contributed by atoms with Gasteiger partial charge in [-0.3, -0.25) is 4.99 Å². The van der Waals surface area contributed by atoms with E-state index in [0.717, 1.165) is 28.6 Å². The molecule has 0 amide bonds. The lowest BCUT2D eigenvalue weighted by Crippen LogP contribution is -2.03. The van der Waals surface area contributed by atoms with Crippen molar-refractivity contribution in [2.75, 3.05) is 0 Å². The van der Waals surface area contributed by atoms with Crippen LogP contribution in [0, 0.1) is 0 Å². The molecule has 148 valence electrons. The van der Waals surface area contributed by atoms with Crippen molar-refractivity contribution in [1.29, 1.82) is 0 Å².